The van der Waals surface area contributed by atoms with Gasteiger partial charge in [-0.25, -0.2) is 0 Å². The van der Waals surface area contributed by atoms with Gasteiger partial charge in [0.05, 0.1) is 0 Å². The van der Waals surface area contributed by atoms with Gasteiger partial charge in [-0.1, -0.05) is 0 Å². The van der Waals surface area contributed by atoms with Crippen molar-refractivity contribution in [1.29, 1.82) is 0 Å². The Morgan fingerprint density at radius 1 is 0.947 bits per heavy atom. The summed E-state index contributed by atoms with van der Waals surface area (Å²) in [5, 5.41) is 0. The Morgan fingerprint density at radius 3 is 1.84 bits per heavy atom. The molecule has 1 nitrogen and oxygen atoms in total. The van der Waals surface area contributed by atoms with Crippen LogP contribution >= 0.6 is 18.8 Å². The minimum absolute atomic E-state index is 0.00341. The number of halogens is 2. The van der Waals surface area contributed by atoms with E-state index in [1.54, 1.807) is 0 Å². The molecule has 0 spiro atoms. The average molecular weight is 386 g/mol. The van der Waals surface area contributed by atoms with E-state index in [1.807, 2.05) is 0 Å². The summed E-state index contributed by atoms with van der Waals surface area (Å²) < 4.78 is 5.77. The molecule has 0 aromatic heterocycles. The molecule has 0 radical (unpaired) electrons. The van der Waals surface area contributed by atoms with Gasteiger partial charge in [-0.3, -0.25) is 0 Å². The number of aryl methyl sites for hydroxylation is 1. The van der Waals surface area contributed by atoms with Gasteiger partial charge in [0.15, 0.2) is 0 Å². The third-order valence-corrected chi connectivity index (χ3v) is 4.56. The van der Waals surface area contributed by atoms with Crippen molar-refractivity contribution < 1.29 is 19.0 Å². The number of hydrogen-bond acceptors (Lipinski definition) is 1. The van der Waals surface area contributed by atoms with Gasteiger partial charge in [-0.15, -0.1) is 0 Å². The van der Waals surface area contributed by atoms with Crippen molar-refractivity contribution in [3.8, 4) is 5.75 Å². The van der Waals surface area contributed by atoms with Gasteiger partial charge in [0, 0.05) is 0 Å². The van der Waals surface area contributed by atoms with Crippen LogP contribution in [0.15, 0.2) is 12.1 Å². The number of benzene rings is 1. The molecule has 1 aromatic rings. The Labute approximate surface area is 131 Å². The molecule has 0 saturated carbocycles. The summed E-state index contributed by atoms with van der Waals surface area (Å²) >= 11 is -2.43. The molecule has 19 heavy (non-hydrogen) atoms. The van der Waals surface area contributed by atoms with E-state index >= 15 is 0 Å². The first kappa shape index (κ1) is 17.3. The maximum absolute atomic E-state index is 5.95. The monoisotopic (exact) mass is 387 g/mol. The quantitative estimate of drug-likeness (QED) is 0.583. The van der Waals surface area contributed by atoms with Crippen molar-refractivity contribution >= 4 is 18.8 Å². The van der Waals surface area contributed by atoms with Crippen LogP contribution in [0.4, 0.5) is 0 Å². The topological polar surface area (TPSA) is 9.23 Å². The molecule has 0 saturated heterocycles. The molecule has 0 heterocycles. The van der Waals surface area contributed by atoms with Gasteiger partial charge in [0.1, 0.15) is 0 Å². The molecule has 0 N–H and O–H groups in total. The molecule has 0 aliphatic rings. The van der Waals surface area contributed by atoms with E-state index in [0.717, 1.165) is 11.3 Å². The molecule has 0 unspecified atom stereocenters. The van der Waals surface area contributed by atoms with Crippen molar-refractivity contribution in [1.82, 2.24) is 0 Å². The van der Waals surface area contributed by atoms with Gasteiger partial charge >= 0.3 is 132 Å². The molecule has 0 atom stereocenters. The van der Waals surface area contributed by atoms with Crippen LogP contribution in [-0.4, -0.2) is 0 Å². The molecule has 0 fully saturated rings. The Morgan fingerprint density at radius 2 is 1.47 bits per heavy atom. The van der Waals surface area contributed by atoms with Gasteiger partial charge in [0.25, 0.3) is 0 Å². The van der Waals surface area contributed by atoms with E-state index in [-0.39, 0.29) is 10.8 Å². The summed E-state index contributed by atoms with van der Waals surface area (Å²) in [6, 6.07) is 4.41. The van der Waals surface area contributed by atoms with Crippen molar-refractivity contribution in [2.24, 2.45) is 0 Å². The fourth-order valence-electron chi connectivity index (χ4n) is 1.94. The number of rotatable bonds is 2. The number of hydrogen-bond donors (Lipinski definition) is 0. The standard InChI is InChI=1S/C15H24O.2ClH.Mo/c1-10-8-11(14(2,3)4)9-12(13(10)16)15(5,6)7;;;/h8-9,16H,1-7H3;2*1H;/q;;;+3/p-3. The molecule has 1 rings (SSSR count). The zero-order valence-corrected chi connectivity index (χ0v) is 16.2. The van der Waals surface area contributed by atoms with E-state index in [9.17, 15) is 0 Å². The van der Waals surface area contributed by atoms with Gasteiger partial charge in [-0.2, -0.15) is 0 Å². The predicted octanol–water partition coefficient (Wildman–Crippen LogP) is 5.81. The van der Waals surface area contributed by atoms with E-state index in [4.69, 9.17) is 22.2 Å². The molecule has 1 aromatic carbocycles. The summed E-state index contributed by atoms with van der Waals surface area (Å²) in [5.74, 6) is 0.877. The van der Waals surface area contributed by atoms with Crippen LogP contribution in [0.3, 0.4) is 0 Å². The summed E-state index contributed by atoms with van der Waals surface area (Å²) in [6.45, 7) is 15.3. The Bertz CT molecular complexity index is 456. The Balaban J connectivity index is 3.48. The van der Waals surface area contributed by atoms with Crippen molar-refractivity contribution in [3.05, 3.63) is 28.8 Å². The fourth-order valence-corrected chi connectivity index (χ4v) is 3.54. The summed E-state index contributed by atoms with van der Waals surface area (Å²) in [4.78, 5) is 0. The molecule has 109 valence electrons. The average Bonchev–Trinajstić information content (AvgIpc) is 2.16. The molecule has 0 aliphatic heterocycles. The fraction of sp³-hybridized carbons (Fsp3) is 0.600. The minimum atomic E-state index is -2.43. The first-order chi connectivity index (χ1) is 8.43. The molecular weight excluding hydrogens is 363 g/mol. The zero-order valence-electron chi connectivity index (χ0n) is 12.7. The second-order valence-electron chi connectivity index (χ2n) is 6.94. The first-order valence-corrected chi connectivity index (χ1v) is 12.3. The zero-order chi connectivity index (χ0) is 15.0. The summed E-state index contributed by atoms with van der Waals surface area (Å²) in [7, 11) is 11.9. The van der Waals surface area contributed by atoms with Crippen LogP contribution < -0.4 is 3.39 Å². The van der Waals surface area contributed by atoms with Crippen molar-refractivity contribution in [3.63, 3.8) is 0 Å². The van der Waals surface area contributed by atoms with E-state index < -0.39 is 15.6 Å². The predicted molar refractivity (Wildman–Crippen MR) is 80.9 cm³/mol. The SMILES string of the molecule is Cc1cc(C(C)(C)C)cc(C(C)(C)C)c1[O][Mo]([Cl])[Cl]. The molecule has 0 bridgehead atoms. The van der Waals surface area contributed by atoms with Crippen molar-refractivity contribution in [2.75, 3.05) is 0 Å². The molecular formula is C15H23Cl2MoO. The van der Waals surface area contributed by atoms with Gasteiger partial charge < -0.3 is 0 Å². The van der Waals surface area contributed by atoms with Gasteiger partial charge in [0.2, 0.25) is 0 Å². The van der Waals surface area contributed by atoms with Crippen LogP contribution in [0.1, 0.15) is 58.2 Å². The third-order valence-electron chi connectivity index (χ3n) is 3.09. The Kier molecular flexibility index (Phi) is 5.44. The second-order valence-corrected chi connectivity index (χ2v) is 12.5. The molecule has 0 amide bonds. The first-order valence-electron chi connectivity index (χ1n) is 6.33. The summed E-state index contributed by atoms with van der Waals surface area (Å²) in [6.07, 6.45) is 0. The maximum atomic E-state index is 5.95. The van der Waals surface area contributed by atoms with E-state index in [0.29, 0.717) is 0 Å². The van der Waals surface area contributed by atoms with Gasteiger partial charge in [-0.05, 0) is 0 Å². The van der Waals surface area contributed by atoms with Crippen LogP contribution in [0, 0.1) is 6.92 Å². The van der Waals surface area contributed by atoms with Crippen LogP contribution in [0.25, 0.3) is 0 Å². The normalized spacial score (nSPS) is 12.9. The van der Waals surface area contributed by atoms with E-state index in [2.05, 4.69) is 60.6 Å². The summed E-state index contributed by atoms with van der Waals surface area (Å²) in [5.41, 5.74) is 3.73. The van der Waals surface area contributed by atoms with Crippen LogP contribution in [0.5, 0.6) is 5.75 Å². The molecule has 0 aliphatic carbocycles. The van der Waals surface area contributed by atoms with Crippen LogP contribution in [-0.2, 0) is 26.4 Å². The van der Waals surface area contributed by atoms with E-state index in [1.165, 1.54) is 11.1 Å². The van der Waals surface area contributed by atoms with Crippen LogP contribution in [0.2, 0.25) is 0 Å². The third kappa shape index (κ3) is 4.65. The Hall–Kier alpha value is 0.288. The van der Waals surface area contributed by atoms with Crippen molar-refractivity contribution in [2.45, 2.75) is 59.3 Å². The second kappa shape index (κ2) is 5.96. The molecule has 4 heteroatoms.